The molecule has 0 saturated carbocycles. The van der Waals surface area contributed by atoms with Gasteiger partial charge in [-0.3, -0.25) is 9.59 Å². The molecule has 11 heteroatoms. The van der Waals surface area contributed by atoms with Gasteiger partial charge in [0.1, 0.15) is 0 Å². The van der Waals surface area contributed by atoms with Gasteiger partial charge in [-0.1, -0.05) is 22.9 Å². The number of fused-ring (bicyclic) bond motifs is 2. The van der Waals surface area contributed by atoms with E-state index in [-0.39, 0.29) is 24.4 Å². The molecule has 4 aromatic rings. The third-order valence-electron chi connectivity index (χ3n) is 6.09. The Balaban J connectivity index is 1.29. The van der Waals surface area contributed by atoms with Crippen molar-refractivity contribution in [3.05, 3.63) is 47.0 Å². The smallest absolute Gasteiger partial charge is 0.251 e. The number of carbonyl (C=O) groups excluding carboxylic acids is 2. The number of amides is 2. The highest BCUT2D eigenvalue weighted by atomic mass is 35.5. The van der Waals surface area contributed by atoms with E-state index < -0.39 is 0 Å². The van der Waals surface area contributed by atoms with Gasteiger partial charge in [0, 0.05) is 37.3 Å². The Labute approximate surface area is 205 Å². The Hall–Kier alpha value is -3.21. The predicted molar refractivity (Wildman–Crippen MR) is 135 cm³/mol. The van der Waals surface area contributed by atoms with E-state index in [2.05, 4.69) is 25.9 Å². The van der Waals surface area contributed by atoms with E-state index in [4.69, 9.17) is 11.6 Å². The molecule has 1 unspecified atom stereocenters. The third kappa shape index (κ3) is 4.44. The summed E-state index contributed by atoms with van der Waals surface area (Å²) in [6.07, 6.45) is 0.924. The first-order valence-corrected chi connectivity index (χ1v) is 12.1. The van der Waals surface area contributed by atoms with Crippen molar-refractivity contribution < 1.29 is 9.59 Å². The fraction of sp³-hybridized carbons (Fsp3) is 0.304. The van der Waals surface area contributed by atoms with Gasteiger partial charge in [-0.15, -0.1) is 0 Å². The van der Waals surface area contributed by atoms with Crippen molar-refractivity contribution in [2.45, 2.75) is 12.5 Å². The normalized spacial score (nSPS) is 15.7. The van der Waals surface area contributed by atoms with Crippen LogP contribution in [0.4, 0.5) is 11.1 Å². The number of carbonyl (C=O) groups is 2. The number of benzene rings is 2. The van der Waals surface area contributed by atoms with Crippen LogP contribution in [0.3, 0.4) is 0 Å². The number of imidazole rings is 1. The van der Waals surface area contributed by atoms with Crippen LogP contribution in [0, 0.1) is 0 Å². The Morgan fingerprint density at radius 1 is 1.24 bits per heavy atom. The highest BCUT2D eigenvalue weighted by molar-refractivity contribution is 7.22. The maximum atomic E-state index is 12.7. The van der Waals surface area contributed by atoms with Crippen LogP contribution < -0.4 is 16.0 Å². The number of nitrogens with one attached hydrogen (secondary N) is 3. The molecule has 9 nitrogen and oxygen atoms in total. The molecule has 1 saturated heterocycles. The molecule has 2 amide bonds. The second-order valence-corrected chi connectivity index (χ2v) is 9.76. The highest BCUT2D eigenvalue weighted by Gasteiger charge is 2.23. The number of nitrogens with zero attached hydrogens (tertiary/aromatic N) is 4. The van der Waals surface area contributed by atoms with Gasteiger partial charge in [-0.25, -0.2) is 9.97 Å². The minimum absolute atomic E-state index is 0.0412. The number of hydrogen-bond acceptors (Lipinski definition) is 7. The zero-order valence-corrected chi connectivity index (χ0v) is 20.3. The maximum Gasteiger partial charge on any atom is 0.251 e. The lowest BCUT2D eigenvalue weighted by Crippen LogP contribution is -2.44. The van der Waals surface area contributed by atoms with Crippen molar-refractivity contribution in [1.82, 2.24) is 30.1 Å². The van der Waals surface area contributed by atoms with Crippen molar-refractivity contribution >= 4 is 67.1 Å². The van der Waals surface area contributed by atoms with Crippen LogP contribution in [-0.4, -0.2) is 64.0 Å². The van der Waals surface area contributed by atoms with E-state index >= 15 is 0 Å². The van der Waals surface area contributed by atoms with Gasteiger partial charge in [0.2, 0.25) is 11.9 Å². The number of anilines is 2. The number of thiazole rings is 1. The molecule has 3 N–H and O–H groups in total. The van der Waals surface area contributed by atoms with E-state index in [0.717, 1.165) is 35.2 Å². The minimum Gasteiger partial charge on any atom is -0.343 e. The lowest BCUT2D eigenvalue weighted by atomic mass is 10.2. The average molecular weight is 498 g/mol. The molecule has 5 rings (SSSR count). The quantitative estimate of drug-likeness (QED) is 0.378. The molecule has 176 valence electrons. The minimum atomic E-state index is -0.309. The predicted octanol–water partition coefficient (Wildman–Crippen LogP) is 3.13. The number of aryl methyl sites for hydroxylation is 1. The molecule has 34 heavy (non-hydrogen) atoms. The molecule has 1 fully saturated rings. The molecule has 0 radical (unpaired) electrons. The Kier molecular flexibility index (Phi) is 6.11. The summed E-state index contributed by atoms with van der Waals surface area (Å²) in [6.45, 7) is 1.65. The fourth-order valence-corrected chi connectivity index (χ4v) is 5.19. The summed E-state index contributed by atoms with van der Waals surface area (Å²) in [5.74, 6) is 0.195. The standard InChI is InChI=1S/C23H24ClN7O2S/c1-30(15-7-8-25-11-15)20(32)12-26-21(33)13-3-6-18-17(9-13)27-22(31(18)2)29-23-28-16-5-4-14(24)10-19(16)34-23/h3-6,9-10,15,25H,7-8,11-12H2,1-2H3,(H,26,33)(H,27,28,29). The lowest BCUT2D eigenvalue weighted by molar-refractivity contribution is -0.130. The molecule has 2 aromatic carbocycles. The molecule has 0 aliphatic carbocycles. The van der Waals surface area contributed by atoms with Crippen molar-refractivity contribution in [1.29, 1.82) is 0 Å². The van der Waals surface area contributed by atoms with Gasteiger partial charge in [0.15, 0.2) is 5.13 Å². The van der Waals surface area contributed by atoms with Gasteiger partial charge in [0.25, 0.3) is 5.91 Å². The van der Waals surface area contributed by atoms with Crippen LogP contribution in [0.15, 0.2) is 36.4 Å². The van der Waals surface area contributed by atoms with Crippen LogP contribution in [-0.2, 0) is 11.8 Å². The average Bonchev–Trinajstić information content (AvgIpc) is 3.56. The summed E-state index contributed by atoms with van der Waals surface area (Å²) >= 11 is 7.57. The highest BCUT2D eigenvalue weighted by Crippen LogP contribution is 2.31. The van der Waals surface area contributed by atoms with E-state index in [1.54, 1.807) is 24.1 Å². The van der Waals surface area contributed by atoms with E-state index in [9.17, 15) is 9.59 Å². The van der Waals surface area contributed by atoms with Gasteiger partial charge in [0.05, 0.1) is 27.8 Å². The fourth-order valence-electron chi connectivity index (χ4n) is 4.06. The van der Waals surface area contributed by atoms with E-state index in [1.807, 2.05) is 35.9 Å². The Morgan fingerprint density at radius 3 is 2.88 bits per heavy atom. The van der Waals surface area contributed by atoms with Crippen molar-refractivity contribution in [3.8, 4) is 0 Å². The van der Waals surface area contributed by atoms with Crippen LogP contribution in [0.25, 0.3) is 21.3 Å². The van der Waals surface area contributed by atoms with E-state index in [0.29, 0.717) is 27.2 Å². The largest absolute Gasteiger partial charge is 0.343 e. The summed E-state index contributed by atoms with van der Waals surface area (Å²) in [4.78, 5) is 36.0. The van der Waals surface area contributed by atoms with Crippen LogP contribution in [0.2, 0.25) is 5.02 Å². The van der Waals surface area contributed by atoms with Crippen molar-refractivity contribution in [2.24, 2.45) is 7.05 Å². The second-order valence-electron chi connectivity index (χ2n) is 8.29. The Bertz CT molecular complexity index is 1390. The summed E-state index contributed by atoms with van der Waals surface area (Å²) in [5.41, 5.74) is 2.85. The Morgan fingerprint density at radius 2 is 2.09 bits per heavy atom. The van der Waals surface area contributed by atoms with Gasteiger partial charge in [-0.05, 0) is 49.4 Å². The molecule has 3 heterocycles. The van der Waals surface area contributed by atoms with Crippen molar-refractivity contribution in [2.75, 3.05) is 32.0 Å². The molecule has 0 spiro atoms. The number of likely N-dealkylation sites (N-methyl/N-ethyl adjacent to an activating group) is 1. The number of aromatic nitrogens is 3. The summed E-state index contributed by atoms with van der Waals surface area (Å²) in [6, 6.07) is 11.1. The lowest BCUT2D eigenvalue weighted by Gasteiger charge is -2.23. The second kappa shape index (κ2) is 9.21. The summed E-state index contributed by atoms with van der Waals surface area (Å²) in [7, 11) is 3.68. The molecule has 1 aliphatic rings. The zero-order chi connectivity index (χ0) is 23.8. The topological polar surface area (TPSA) is 104 Å². The first-order valence-electron chi connectivity index (χ1n) is 10.9. The molecule has 1 atom stereocenters. The van der Waals surface area contributed by atoms with Crippen LogP contribution >= 0.6 is 22.9 Å². The number of rotatable bonds is 6. The maximum absolute atomic E-state index is 12.7. The van der Waals surface area contributed by atoms with Crippen LogP contribution in [0.5, 0.6) is 0 Å². The monoisotopic (exact) mass is 497 g/mol. The SMILES string of the molecule is CN(C(=O)CNC(=O)c1ccc2c(c1)nc(Nc1nc3ccc(Cl)cc3s1)n2C)C1CCNC1. The van der Waals surface area contributed by atoms with Crippen molar-refractivity contribution in [3.63, 3.8) is 0 Å². The number of hydrogen-bond donors (Lipinski definition) is 3. The molecule has 1 aliphatic heterocycles. The first kappa shape index (κ1) is 22.6. The zero-order valence-electron chi connectivity index (χ0n) is 18.8. The van der Waals surface area contributed by atoms with E-state index in [1.165, 1.54) is 11.3 Å². The number of halogens is 1. The van der Waals surface area contributed by atoms with Crippen LogP contribution in [0.1, 0.15) is 16.8 Å². The molecular weight excluding hydrogens is 474 g/mol. The molecular formula is C23H24ClN7O2S. The van der Waals surface area contributed by atoms with Gasteiger partial charge < -0.3 is 25.4 Å². The van der Waals surface area contributed by atoms with Gasteiger partial charge in [-0.2, -0.15) is 0 Å². The molecule has 2 aromatic heterocycles. The third-order valence-corrected chi connectivity index (χ3v) is 7.26. The summed E-state index contributed by atoms with van der Waals surface area (Å²) < 4.78 is 2.89. The first-order chi connectivity index (χ1) is 16.4. The van der Waals surface area contributed by atoms with Gasteiger partial charge >= 0.3 is 0 Å². The molecule has 0 bridgehead atoms. The summed E-state index contributed by atoms with van der Waals surface area (Å²) in [5, 5.41) is 10.6.